The van der Waals surface area contributed by atoms with Crippen LogP contribution in [0.5, 0.6) is 0 Å². The molecule has 2 aromatic rings. The van der Waals surface area contributed by atoms with Crippen LogP contribution < -0.4 is 5.32 Å². The molecular weight excluding hydrogens is 326 g/mol. The van der Waals surface area contributed by atoms with E-state index in [0.717, 1.165) is 17.4 Å². The van der Waals surface area contributed by atoms with Crippen LogP contribution in [0.4, 0.5) is 4.79 Å². The Kier molecular flexibility index (Phi) is 7.05. The number of rotatable bonds is 7. The summed E-state index contributed by atoms with van der Waals surface area (Å²) >= 11 is 5.96. The van der Waals surface area contributed by atoms with Crippen LogP contribution in [0.1, 0.15) is 27.9 Å². The smallest absolute Gasteiger partial charge is 0.407 e. The van der Waals surface area contributed by atoms with Gasteiger partial charge in [0.1, 0.15) is 6.61 Å². The first kappa shape index (κ1) is 17.8. The van der Waals surface area contributed by atoms with Crippen LogP contribution in [0.15, 0.2) is 54.6 Å². The van der Waals surface area contributed by atoms with Crippen molar-refractivity contribution in [2.45, 2.75) is 13.0 Å². The molecular formula is C19H18ClNO3. The van der Waals surface area contributed by atoms with Crippen molar-refractivity contribution in [3.63, 3.8) is 0 Å². The SMILES string of the molecule is O=Cc1ccc(C=CCCNC(=O)OCc2ccccc2)cc1Cl. The second-order valence-corrected chi connectivity index (χ2v) is 5.49. The minimum Gasteiger partial charge on any atom is -0.445 e. The fourth-order valence-corrected chi connectivity index (χ4v) is 2.23. The predicted molar refractivity (Wildman–Crippen MR) is 95.1 cm³/mol. The van der Waals surface area contributed by atoms with Gasteiger partial charge in [0.05, 0.1) is 5.02 Å². The molecule has 5 heteroatoms. The van der Waals surface area contributed by atoms with E-state index in [0.29, 0.717) is 23.6 Å². The molecule has 0 aliphatic rings. The molecule has 0 unspecified atom stereocenters. The molecule has 0 heterocycles. The fraction of sp³-hybridized carbons (Fsp3) is 0.158. The van der Waals surface area contributed by atoms with E-state index in [1.165, 1.54) is 0 Å². The summed E-state index contributed by atoms with van der Waals surface area (Å²) in [6.07, 6.45) is 4.75. The molecule has 1 amide bonds. The Morgan fingerprint density at radius 1 is 1.17 bits per heavy atom. The molecule has 1 N–H and O–H groups in total. The van der Waals surface area contributed by atoms with E-state index in [4.69, 9.17) is 16.3 Å². The Labute approximate surface area is 146 Å². The van der Waals surface area contributed by atoms with Gasteiger partial charge in [-0.25, -0.2) is 4.79 Å². The maximum atomic E-state index is 11.6. The average Bonchev–Trinajstić information content (AvgIpc) is 2.61. The second-order valence-electron chi connectivity index (χ2n) is 5.08. The van der Waals surface area contributed by atoms with E-state index in [-0.39, 0.29) is 6.61 Å². The number of benzene rings is 2. The Hall–Kier alpha value is -2.59. The fourth-order valence-electron chi connectivity index (χ4n) is 1.99. The lowest BCUT2D eigenvalue weighted by molar-refractivity contribution is 0.112. The molecule has 124 valence electrons. The van der Waals surface area contributed by atoms with Gasteiger partial charge in [-0.2, -0.15) is 0 Å². The van der Waals surface area contributed by atoms with Gasteiger partial charge < -0.3 is 10.1 Å². The van der Waals surface area contributed by atoms with Crippen LogP contribution >= 0.6 is 11.6 Å². The Balaban J connectivity index is 1.67. The van der Waals surface area contributed by atoms with Crippen LogP contribution in [0.2, 0.25) is 5.02 Å². The highest BCUT2D eigenvalue weighted by Gasteiger charge is 2.01. The average molecular weight is 344 g/mol. The van der Waals surface area contributed by atoms with E-state index < -0.39 is 6.09 Å². The number of amides is 1. The zero-order valence-corrected chi connectivity index (χ0v) is 13.8. The molecule has 2 aromatic carbocycles. The predicted octanol–water partition coefficient (Wildman–Crippen LogP) is 4.48. The topological polar surface area (TPSA) is 55.4 Å². The number of ether oxygens (including phenoxy) is 1. The van der Waals surface area contributed by atoms with Gasteiger partial charge in [0, 0.05) is 12.1 Å². The van der Waals surface area contributed by atoms with Crippen LogP contribution in [-0.2, 0) is 11.3 Å². The third kappa shape index (κ3) is 5.89. The van der Waals surface area contributed by atoms with E-state index in [2.05, 4.69) is 5.32 Å². The van der Waals surface area contributed by atoms with Gasteiger partial charge in [0.15, 0.2) is 6.29 Å². The summed E-state index contributed by atoms with van der Waals surface area (Å²) in [6, 6.07) is 14.7. The van der Waals surface area contributed by atoms with Gasteiger partial charge in [-0.05, 0) is 29.7 Å². The first-order valence-corrected chi connectivity index (χ1v) is 7.92. The molecule has 0 aliphatic heterocycles. The number of alkyl carbamates (subject to hydrolysis) is 1. The number of aldehydes is 1. The van der Waals surface area contributed by atoms with Crippen LogP contribution in [0.25, 0.3) is 6.08 Å². The van der Waals surface area contributed by atoms with Crippen molar-refractivity contribution in [3.8, 4) is 0 Å². The maximum absolute atomic E-state index is 11.6. The molecule has 0 aliphatic carbocycles. The second kappa shape index (κ2) is 9.53. The van der Waals surface area contributed by atoms with E-state index in [9.17, 15) is 9.59 Å². The largest absolute Gasteiger partial charge is 0.445 e. The molecule has 0 spiro atoms. The molecule has 0 saturated heterocycles. The zero-order chi connectivity index (χ0) is 17.2. The van der Waals surface area contributed by atoms with Crippen LogP contribution in [0.3, 0.4) is 0 Å². The zero-order valence-electron chi connectivity index (χ0n) is 13.1. The van der Waals surface area contributed by atoms with Crippen molar-refractivity contribution in [2.24, 2.45) is 0 Å². The van der Waals surface area contributed by atoms with Crippen LogP contribution in [-0.4, -0.2) is 18.9 Å². The molecule has 0 fully saturated rings. The first-order chi connectivity index (χ1) is 11.7. The summed E-state index contributed by atoms with van der Waals surface area (Å²) in [5.74, 6) is 0. The monoisotopic (exact) mass is 343 g/mol. The number of carbonyl (C=O) groups excluding carboxylic acids is 2. The molecule has 0 saturated carbocycles. The van der Waals surface area contributed by atoms with Gasteiger partial charge in [-0.3, -0.25) is 4.79 Å². The van der Waals surface area contributed by atoms with Gasteiger partial charge >= 0.3 is 6.09 Å². The summed E-state index contributed by atoms with van der Waals surface area (Å²) in [7, 11) is 0. The van der Waals surface area contributed by atoms with Gasteiger partial charge in [-0.1, -0.05) is 60.2 Å². The maximum Gasteiger partial charge on any atom is 0.407 e. The van der Waals surface area contributed by atoms with Crippen molar-refractivity contribution in [1.82, 2.24) is 5.32 Å². The molecule has 0 bridgehead atoms. The van der Waals surface area contributed by atoms with E-state index in [1.54, 1.807) is 12.1 Å². The van der Waals surface area contributed by atoms with Gasteiger partial charge in [0.2, 0.25) is 0 Å². The quantitative estimate of drug-likeness (QED) is 0.595. The van der Waals surface area contributed by atoms with Crippen molar-refractivity contribution in [1.29, 1.82) is 0 Å². The molecule has 0 atom stereocenters. The summed E-state index contributed by atoms with van der Waals surface area (Å²) in [5, 5.41) is 3.11. The minimum atomic E-state index is -0.439. The highest BCUT2D eigenvalue weighted by atomic mass is 35.5. The van der Waals surface area contributed by atoms with E-state index >= 15 is 0 Å². The molecule has 2 rings (SSSR count). The van der Waals surface area contributed by atoms with Crippen molar-refractivity contribution in [3.05, 3.63) is 76.3 Å². The number of hydrogen-bond acceptors (Lipinski definition) is 3. The van der Waals surface area contributed by atoms with E-state index in [1.807, 2.05) is 48.6 Å². The minimum absolute atomic E-state index is 0.254. The summed E-state index contributed by atoms with van der Waals surface area (Å²) in [5.41, 5.74) is 2.32. The summed E-state index contributed by atoms with van der Waals surface area (Å²) in [4.78, 5) is 22.2. The summed E-state index contributed by atoms with van der Waals surface area (Å²) < 4.78 is 5.11. The standard InChI is InChI=1S/C19H18ClNO3/c20-18-12-15(9-10-17(18)13-22)6-4-5-11-21-19(23)24-14-16-7-2-1-3-8-16/h1-4,6-10,12-13H,5,11,14H2,(H,21,23). The highest BCUT2D eigenvalue weighted by molar-refractivity contribution is 6.33. The molecule has 4 nitrogen and oxygen atoms in total. The lowest BCUT2D eigenvalue weighted by Gasteiger charge is -2.05. The lowest BCUT2D eigenvalue weighted by atomic mass is 10.1. The number of halogens is 1. The van der Waals surface area contributed by atoms with Gasteiger partial charge in [0.25, 0.3) is 0 Å². The third-order valence-corrected chi connectivity index (χ3v) is 3.58. The number of carbonyl (C=O) groups is 2. The van der Waals surface area contributed by atoms with Crippen molar-refractivity contribution < 1.29 is 14.3 Å². The normalized spacial score (nSPS) is 10.5. The Morgan fingerprint density at radius 3 is 2.67 bits per heavy atom. The molecule has 24 heavy (non-hydrogen) atoms. The lowest BCUT2D eigenvalue weighted by Crippen LogP contribution is -2.24. The highest BCUT2D eigenvalue weighted by Crippen LogP contribution is 2.17. The first-order valence-electron chi connectivity index (χ1n) is 7.55. The number of hydrogen-bond donors (Lipinski definition) is 1. The third-order valence-electron chi connectivity index (χ3n) is 3.25. The summed E-state index contributed by atoms with van der Waals surface area (Å²) in [6.45, 7) is 0.731. The van der Waals surface area contributed by atoms with Crippen molar-refractivity contribution in [2.75, 3.05) is 6.54 Å². The Bertz CT molecular complexity index is 714. The Morgan fingerprint density at radius 2 is 1.96 bits per heavy atom. The molecule has 0 radical (unpaired) electrons. The van der Waals surface area contributed by atoms with Gasteiger partial charge in [-0.15, -0.1) is 0 Å². The van der Waals surface area contributed by atoms with Crippen LogP contribution in [0, 0.1) is 0 Å². The molecule has 0 aromatic heterocycles. The van der Waals surface area contributed by atoms with Crippen molar-refractivity contribution >= 4 is 30.1 Å². The number of nitrogens with one attached hydrogen (secondary N) is 1.